The highest BCUT2D eigenvalue weighted by molar-refractivity contribution is 7.42. The maximum Gasteiger partial charge on any atom is 0.226 e. The second-order valence-electron chi connectivity index (χ2n) is 9.61. The summed E-state index contributed by atoms with van der Waals surface area (Å²) in [6.07, 6.45) is 6.43. The van der Waals surface area contributed by atoms with Gasteiger partial charge >= 0.3 is 0 Å². The summed E-state index contributed by atoms with van der Waals surface area (Å²) >= 11 is 0. The van der Waals surface area contributed by atoms with Crippen molar-refractivity contribution < 1.29 is 8.39 Å². The lowest BCUT2D eigenvalue weighted by Crippen LogP contribution is -2.02. The van der Waals surface area contributed by atoms with Crippen molar-refractivity contribution >= 4 is 62.3 Å². The Hall–Kier alpha value is -4.00. The van der Waals surface area contributed by atoms with Crippen LogP contribution in [0.25, 0.3) is 54.3 Å². The van der Waals surface area contributed by atoms with E-state index in [0.29, 0.717) is 0 Å². The largest absolute Gasteiger partial charge is 0.419 e. The molecule has 7 aromatic rings. The smallest absolute Gasteiger partial charge is 0.226 e. The first-order valence-corrected chi connectivity index (χ1v) is 14.0. The molecule has 179 valence electrons. The molecule has 1 heterocycles. The van der Waals surface area contributed by atoms with Crippen molar-refractivity contribution in [2.75, 3.05) is 0 Å². The number of hydrogen-bond acceptors (Lipinski definition) is 2. The second-order valence-corrected chi connectivity index (χ2v) is 11.0. The molecule has 1 aromatic heterocycles. The molecule has 5 radical (unpaired) electrons. The van der Waals surface area contributed by atoms with Gasteiger partial charge in [0.2, 0.25) is 8.01 Å². The molecule has 3 heteroatoms. The first kappa shape index (κ1) is 22.0. The van der Waals surface area contributed by atoms with Crippen LogP contribution in [-0.2, 0) is 0 Å². The van der Waals surface area contributed by atoms with Crippen LogP contribution in [0.4, 0.5) is 0 Å². The molecule has 38 heavy (non-hydrogen) atoms. The van der Waals surface area contributed by atoms with Crippen molar-refractivity contribution in [1.82, 2.24) is 0 Å². The van der Waals surface area contributed by atoms with Crippen LogP contribution >= 0.6 is 8.01 Å². The Kier molecular flexibility index (Phi) is 5.10. The zero-order chi connectivity index (χ0) is 25.1. The summed E-state index contributed by atoms with van der Waals surface area (Å²) in [7, 11) is -1.44. The van der Waals surface area contributed by atoms with Gasteiger partial charge in [-0.2, -0.15) is 0 Å². The topological polar surface area (TPSA) is 26.3 Å². The van der Waals surface area contributed by atoms with Gasteiger partial charge in [0.15, 0.2) is 0 Å². The molecule has 8 rings (SSSR count). The fraction of sp³-hybridized carbons (Fsp3) is 0. The van der Waals surface area contributed by atoms with Gasteiger partial charge in [-0.1, -0.05) is 103 Å². The molecule has 1 aliphatic rings. The van der Waals surface area contributed by atoms with Crippen LogP contribution in [0.3, 0.4) is 0 Å². The summed E-state index contributed by atoms with van der Waals surface area (Å²) < 4.78 is 13.7. The van der Waals surface area contributed by atoms with Crippen molar-refractivity contribution in [2.45, 2.75) is 0 Å². The van der Waals surface area contributed by atoms with Crippen LogP contribution in [0.15, 0.2) is 124 Å². The van der Waals surface area contributed by atoms with Gasteiger partial charge in [-0.15, -0.1) is 0 Å². The Balaban J connectivity index is 1.45. The average molecular weight is 506 g/mol. The van der Waals surface area contributed by atoms with Crippen molar-refractivity contribution in [2.24, 2.45) is 0 Å². The average Bonchev–Trinajstić information content (AvgIpc) is 3.39. The van der Waals surface area contributed by atoms with E-state index in [1.807, 2.05) is 0 Å². The Morgan fingerprint density at radius 2 is 0.974 bits per heavy atom. The Morgan fingerprint density at radius 1 is 0.447 bits per heavy atom. The molecule has 0 unspecified atom stereocenters. The summed E-state index contributed by atoms with van der Waals surface area (Å²) in [5, 5.41) is 9.34. The van der Waals surface area contributed by atoms with E-state index in [2.05, 4.69) is 135 Å². The number of rotatable bonds is 2. The lowest BCUT2D eigenvalue weighted by atomic mass is 9.92. The number of fused-ring (bicyclic) bond motifs is 8. The lowest BCUT2D eigenvalue weighted by molar-refractivity contribution is 0.642. The quantitative estimate of drug-likeness (QED) is 0.234. The maximum absolute atomic E-state index is 6.86. The molecule has 1 saturated carbocycles. The Morgan fingerprint density at radius 3 is 1.61 bits per heavy atom. The summed E-state index contributed by atoms with van der Waals surface area (Å²) in [5.41, 5.74) is 3.99. The van der Waals surface area contributed by atoms with E-state index in [-0.39, 0.29) is 0 Å². The third-order valence-electron chi connectivity index (χ3n) is 7.46. The number of benzene rings is 6. The number of hydrogen-bond donors (Lipinski definition) is 0. The molecular weight excluding hydrogens is 483 g/mol. The molecule has 0 atom stereocenters. The first-order valence-electron chi connectivity index (χ1n) is 12.8. The van der Waals surface area contributed by atoms with Gasteiger partial charge in [-0.25, -0.2) is 0 Å². The monoisotopic (exact) mass is 505 g/mol. The maximum atomic E-state index is 6.86. The SMILES string of the molecule is [CH]1[CH][C](c2cccc3ccccc23)[C](p2oc3ccc4ccccc4c3c3c(ccc4ccccc43)o2)[CH]1. The van der Waals surface area contributed by atoms with Crippen LogP contribution in [0.2, 0.25) is 0 Å². The third kappa shape index (κ3) is 3.41. The molecule has 0 amide bonds. The predicted octanol–water partition coefficient (Wildman–Crippen LogP) is 10.4. The molecule has 0 spiro atoms. The van der Waals surface area contributed by atoms with Crippen LogP contribution in [0.5, 0.6) is 0 Å². The fourth-order valence-electron chi connectivity index (χ4n) is 5.72. The van der Waals surface area contributed by atoms with Gasteiger partial charge in [0.05, 0.1) is 0 Å². The van der Waals surface area contributed by atoms with Gasteiger partial charge in [0.1, 0.15) is 16.8 Å². The van der Waals surface area contributed by atoms with Crippen LogP contribution < -0.4 is 0 Å². The molecule has 0 aliphatic heterocycles. The van der Waals surface area contributed by atoms with Gasteiger partial charge in [-0.05, 0) is 69.3 Å². The van der Waals surface area contributed by atoms with Crippen LogP contribution in [0.1, 0.15) is 5.56 Å². The summed E-state index contributed by atoms with van der Waals surface area (Å²) in [6.45, 7) is 0. The Bertz CT molecular complexity index is 1930. The van der Waals surface area contributed by atoms with E-state index in [0.717, 1.165) is 33.5 Å². The van der Waals surface area contributed by atoms with Crippen molar-refractivity contribution in [3.05, 3.63) is 152 Å². The van der Waals surface area contributed by atoms with Crippen molar-refractivity contribution in [3.8, 4) is 0 Å². The van der Waals surface area contributed by atoms with Gasteiger partial charge < -0.3 is 8.39 Å². The minimum atomic E-state index is -1.44. The first-order chi connectivity index (χ1) is 18.8. The predicted molar refractivity (Wildman–Crippen MR) is 159 cm³/mol. The standard InChI is InChI=1S/C35H22O2P/c1-4-13-26-23(9-1)12-7-16-29(26)30-17-8-18-33(30)38-36-31-21-19-24-10-2-5-14-27(24)34(31)35-28-15-6-3-11-25(28)20-22-32(35)37-38/h1-22H. The van der Waals surface area contributed by atoms with E-state index in [9.17, 15) is 0 Å². The second kappa shape index (κ2) is 8.79. The summed E-state index contributed by atoms with van der Waals surface area (Å²) in [5.74, 6) is 1.15. The molecule has 2 nitrogen and oxygen atoms in total. The molecule has 0 saturated heterocycles. The lowest BCUT2D eigenvalue weighted by Gasteiger charge is -2.18. The summed E-state index contributed by atoms with van der Waals surface area (Å²) in [6, 6.07) is 40.5. The molecule has 0 N–H and O–H groups in total. The van der Waals surface area contributed by atoms with Gasteiger partial charge in [-0.3, -0.25) is 0 Å². The highest BCUT2D eigenvalue weighted by Crippen LogP contribution is 2.56. The minimum absolute atomic E-state index is 0.856. The van der Waals surface area contributed by atoms with Crippen LogP contribution in [-0.4, -0.2) is 0 Å². The molecule has 1 aliphatic carbocycles. The van der Waals surface area contributed by atoms with E-state index >= 15 is 0 Å². The zero-order valence-corrected chi connectivity index (χ0v) is 21.4. The zero-order valence-electron chi connectivity index (χ0n) is 20.5. The van der Waals surface area contributed by atoms with E-state index < -0.39 is 8.01 Å². The Labute approximate surface area is 222 Å². The van der Waals surface area contributed by atoms with Crippen molar-refractivity contribution in [1.29, 1.82) is 0 Å². The molecular formula is C35H22O2P. The summed E-state index contributed by atoms with van der Waals surface area (Å²) in [4.78, 5) is 0. The van der Waals surface area contributed by atoms with Crippen molar-refractivity contribution in [3.63, 3.8) is 0 Å². The fourth-order valence-corrected chi connectivity index (χ4v) is 7.22. The molecule has 1 fully saturated rings. The van der Waals surface area contributed by atoms with Crippen LogP contribution in [0, 0.1) is 30.8 Å². The van der Waals surface area contributed by atoms with E-state index in [4.69, 9.17) is 8.39 Å². The van der Waals surface area contributed by atoms with Gasteiger partial charge in [0, 0.05) is 16.7 Å². The highest BCUT2D eigenvalue weighted by atomic mass is 31.1. The third-order valence-corrected chi connectivity index (χ3v) is 8.97. The minimum Gasteiger partial charge on any atom is -0.419 e. The van der Waals surface area contributed by atoms with Gasteiger partial charge in [0.25, 0.3) is 0 Å². The molecule has 6 aromatic carbocycles. The van der Waals surface area contributed by atoms with E-state index in [1.165, 1.54) is 37.9 Å². The normalized spacial score (nSPS) is 14.8. The van der Waals surface area contributed by atoms with E-state index in [1.54, 1.807) is 0 Å². The molecule has 0 bridgehead atoms. The highest BCUT2D eigenvalue weighted by Gasteiger charge is 2.37.